The fraction of sp³-hybridized carbons (Fsp3) is 0.0566. The molecule has 0 N–H and O–H groups in total. The highest BCUT2D eigenvalue weighted by Gasteiger charge is 2.36. The van der Waals surface area contributed by atoms with E-state index in [9.17, 15) is 0 Å². The van der Waals surface area contributed by atoms with Gasteiger partial charge in [-0.3, -0.25) is 0 Å². The van der Waals surface area contributed by atoms with Gasteiger partial charge >= 0.3 is 0 Å². The summed E-state index contributed by atoms with van der Waals surface area (Å²) in [6, 6.07) is 73.3. The van der Waals surface area contributed by atoms with Gasteiger partial charge in [0.1, 0.15) is 0 Å². The van der Waals surface area contributed by atoms with Crippen molar-refractivity contribution in [2.24, 2.45) is 0 Å². The zero-order valence-corrected chi connectivity index (χ0v) is 30.5. The molecule has 0 spiro atoms. The van der Waals surface area contributed by atoms with Gasteiger partial charge < -0.3 is 4.90 Å². The zero-order chi connectivity index (χ0) is 36.2. The Kier molecular flexibility index (Phi) is 7.56. The zero-order valence-electron chi connectivity index (χ0n) is 30.5. The largest absolute Gasteiger partial charge is 0.310 e. The molecular weight excluding hydrogens is 651 g/mol. The summed E-state index contributed by atoms with van der Waals surface area (Å²) in [5, 5.41) is 5.09. The number of benzene rings is 9. The van der Waals surface area contributed by atoms with Crippen LogP contribution in [-0.4, -0.2) is 0 Å². The van der Waals surface area contributed by atoms with Crippen LogP contribution in [-0.2, 0) is 5.41 Å². The number of anilines is 3. The van der Waals surface area contributed by atoms with E-state index in [2.05, 4.69) is 219 Å². The molecule has 0 fully saturated rings. The molecular formula is C53H39N. The van der Waals surface area contributed by atoms with Gasteiger partial charge in [0, 0.05) is 22.4 Å². The minimum Gasteiger partial charge on any atom is -0.310 e. The summed E-state index contributed by atoms with van der Waals surface area (Å²) in [6.45, 7) is 4.75. The topological polar surface area (TPSA) is 3.24 Å². The molecule has 1 aliphatic rings. The Morgan fingerprint density at radius 1 is 0.333 bits per heavy atom. The van der Waals surface area contributed by atoms with Crippen molar-refractivity contribution in [3.05, 3.63) is 211 Å². The molecule has 9 aromatic carbocycles. The van der Waals surface area contributed by atoms with Gasteiger partial charge in [-0.1, -0.05) is 172 Å². The predicted octanol–water partition coefficient (Wildman–Crippen LogP) is 14.8. The summed E-state index contributed by atoms with van der Waals surface area (Å²) in [5.41, 5.74) is 16.0. The summed E-state index contributed by atoms with van der Waals surface area (Å²) in [6.07, 6.45) is 0. The van der Waals surface area contributed by atoms with Crippen LogP contribution >= 0.6 is 0 Å². The lowest BCUT2D eigenvalue weighted by atomic mass is 9.81. The average molecular weight is 690 g/mol. The van der Waals surface area contributed by atoms with Crippen molar-refractivity contribution in [1.29, 1.82) is 0 Å². The molecule has 0 saturated heterocycles. The second-order valence-electron chi connectivity index (χ2n) is 14.9. The Labute approximate surface area is 317 Å². The molecule has 10 rings (SSSR count). The van der Waals surface area contributed by atoms with Gasteiger partial charge in [0.2, 0.25) is 0 Å². The van der Waals surface area contributed by atoms with Crippen molar-refractivity contribution in [3.8, 4) is 44.5 Å². The number of hydrogen-bond donors (Lipinski definition) is 0. The lowest BCUT2D eigenvalue weighted by Crippen LogP contribution is -2.17. The molecule has 1 nitrogen and oxygen atoms in total. The molecule has 0 aromatic heterocycles. The third-order valence-corrected chi connectivity index (χ3v) is 11.4. The molecule has 0 atom stereocenters. The summed E-state index contributed by atoms with van der Waals surface area (Å²) in [4.78, 5) is 2.44. The Morgan fingerprint density at radius 3 is 1.52 bits per heavy atom. The summed E-state index contributed by atoms with van der Waals surface area (Å²) < 4.78 is 0. The van der Waals surface area contributed by atoms with Crippen molar-refractivity contribution in [1.82, 2.24) is 0 Å². The molecule has 0 aliphatic heterocycles. The standard InChI is InChI=1S/C53H39N/c1-53(2)49-34-41-20-10-9-19-40(41)33-48(49)47-32-31-43(35-50(47)53)54(51-26-12-11-23-44(51)36-15-5-3-6-16-36)42-29-27-38(28-30-42)46-25-14-22-39-21-13-24-45(52(39)46)37-17-7-4-8-18-37/h3-35H,1-2H3. The first-order valence-electron chi connectivity index (χ1n) is 18.8. The van der Waals surface area contributed by atoms with Gasteiger partial charge in [-0.15, -0.1) is 0 Å². The lowest BCUT2D eigenvalue weighted by Gasteiger charge is -2.30. The van der Waals surface area contributed by atoms with Crippen LogP contribution in [0.4, 0.5) is 17.1 Å². The van der Waals surface area contributed by atoms with E-state index in [-0.39, 0.29) is 5.41 Å². The predicted molar refractivity (Wildman–Crippen MR) is 230 cm³/mol. The lowest BCUT2D eigenvalue weighted by molar-refractivity contribution is 0.661. The van der Waals surface area contributed by atoms with Crippen molar-refractivity contribution >= 4 is 38.6 Å². The van der Waals surface area contributed by atoms with E-state index < -0.39 is 0 Å². The highest BCUT2D eigenvalue weighted by atomic mass is 15.1. The smallest absolute Gasteiger partial charge is 0.0540 e. The van der Waals surface area contributed by atoms with E-state index >= 15 is 0 Å². The monoisotopic (exact) mass is 689 g/mol. The second kappa shape index (κ2) is 12.8. The van der Waals surface area contributed by atoms with Crippen molar-refractivity contribution in [3.63, 3.8) is 0 Å². The first-order chi connectivity index (χ1) is 26.5. The molecule has 0 heterocycles. The fourth-order valence-electron chi connectivity index (χ4n) is 8.74. The molecule has 0 bridgehead atoms. The maximum absolute atomic E-state index is 2.44. The number of hydrogen-bond acceptors (Lipinski definition) is 1. The molecule has 0 unspecified atom stereocenters. The molecule has 1 heteroatoms. The molecule has 1 aliphatic carbocycles. The number of nitrogens with zero attached hydrogens (tertiary/aromatic N) is 1. The second-order valence-corrected chi connectivity index (χ2v) is 14.9. The van der Waals surface area contributed by atoms with Crippen LogP contribution in [0, 0.1) is 0 Å². The van der Waals surface area contributed by atoms with Gasteiger partial charge in [-0.2, -0.15) is 0 Å². The van der Waals surface area contributed by atoms with E-state index in [1.54, 1.807) is 0 Å². The Bertz CT molecular complexity index is 2830. The average Bonchev–Trinajstić information content (AvgIpc) is 3.45. The molecule has 54 heavy (non-hydrogen) atoms. The van der Waals surface area contributed by atoms with Crippen LogP contribution < -0.4 is 4.90 Å². The van der Waals surface area contributed by atoms with Gasteiger partial charge in [0.15, 0.2) is 0 Å². The fourth-order valence-corrected chi connectivity index (χ4v) is 8.74. The molecule has 256 valence electrons. The first-order valence-corrected chi connectivity index (χ1v) is 18.8. The van der Waals surface area contributed by atoms with Crippen molar-refractivity contribution < 1.29 is 0 Å². The quantitative estimate of drug-likeness (QED) is 0.168. The van der Waals surface area contributed by atoms with E-state index in [1.807, 2.05) is 0 Å². The van der Waals surface area contributed by atoms with Crippen LogP contribution in [0.1, 0.15) is 25.0 Å². The van der Waals surface area contributed by atoms with Crippen LogP contribution in [0.25, 0.3) is 66.1 Å². The molecule has 0 radical (unpaired) electrons. The maximum atomic E-state index is 2.44. The van der Waals surface area contributed by atoms with E-state index in [0.717, 1.165) is 17.1 Å². The SMILES string of the molecule is CC1(C)c2cc(N(c3ccc(-c4cccc5cccc(-c6ccccc6)c45)cc3)c3ccccc3-c3ccccc3)ccc2-c2cc3ccccc3cc21. The van der Waals surface area contributed by atoms with Gasteiger partial charge in [-0.05, 0) is 114 Å². The number of fused-ring (bicyclic) bond motifs is 5. The van der Waals surface area contributed by atoms with Crippen LogP contribution in [0.3, 0.4) is 0 Å². The third kappa shape index (κ3) is 5.24. The first kappa shape index (κ1) is 32.0. The van der Waals surface area contributed by atoms with Gasteiger partial charge in [0.05, 0.1) is 5.69 Å². The van der Waals surface area contributed by atoms with Crippen molar-refractivity contribution in [2.75, 3.05) is 4.90 Å². The Balaban J connectivity index is 1.14. The minimum absolute atomic E-state index is 0.149. The van der Waals surface area contributed by atoms with Crippen LogP contribution in [0.2, 0.25) is 0 Å². The summed E-state index contributed by atoms with van der Waals surface area (Å²) in [5.74, 6) is 0. The van der Waals surface area contributed by atoms with E-state index in [1.165, 1.54) is 77.2 Å². The molecule has 9 aromatic rings. The number of para-hydroxylation sites is 1. The number of rotatable bonds is 6. The Hall–Kier alpha value is -6.70. The summed E-state index contributed by atoms with van der Waals surface area (Å²) >= 11 is 0. The van der Waals surface area contributed by atoms with E-state index in [0.29, 0.717) is 0 Å². The minimum atomic E-state index is -0.149. The Morgan fingerprint density at radius 2 is 0.833 bits per heavy atom. The van der Waals surface area contributed by atoms with Gasteiger partial charge in [-0.25, -0.2) is 0 Å². The third-order valence-electron chi connectivity index (χ3n) is 11.4. The van der Waals surface area contributed by atoms with Gasteiger partial charge in [0.25, 0.3) is 0 Å². The van der Waals surface area contributed by atoms with Crippen molar-refractivity contribution in [2.45, 2.75) is 19.3 Å². The molecule has 0 saturated carbocycles. The molecule has 0 amide bonds. The van der Waals surface area contributed by atoms with Crippen LogP contribution in [0.15, 0.2) is 200 Å². The highest BCUT2D eigenvalue weighted by molar-refractivity contribution is 6.06. The maximum Gasteiger partial charge on any atom is 0.0540 e. The van der Waals surface area contributed by atoms with E-state index in [4.69, 9.17) is 0 Å². The summed E-state index contributed by atoms with van der Waals surface area (Å²) in [7, 11) is 0. The van der Waals surface area contributed by atoms with Crippen LogP contribution in [0.5, 0.6) is 0 Å². The normalized spacial score (nSPS) is 12.8. The highest BCUT2D eigenvalue weighted by Crippen LogP contribution is 2.52.